The van der Waals surface area contributed by atoms with Gasteiger partial charge in [-0.2, -0.15) is 0 Å². The quantitative estimate of drug-likeness (QED) is 0.592. The lowest BCUT2D eigenvalue weighted by atomic mass is 10.3. The minimum Gasteiger partial charge on any atom is -0.284 e. The van der Waals surface area contributed by atoms with Crippen LogP contribution in [0, 0.1) is 5.82 Å². The highest BCUT2D eigenvalue weighted by atomic mass is 79.9. The normalized spacial score (nSPS) is 11.2. The fraction of sp³-hybridized carbons (Fsp3) is 0. The molecule has 0 unspecified atom stereocenters. The van der Waals surface area contributed by atoms with E-state index < -0.39 is 0 Å². The van der Waals surface area contributed by atoms with Gasteiger partial charge in [0.2, 0.25) is 0 Å². The Morgan fingerprint density at radius 1 is 1.16 bits per heavy atom. The molecule has 0 N–H and O–H groups in total. The van der Waals surface area contributed by atoms with Gasteiger partial charge in [-0.15, -0.1) is 0 Å². The second-order valence-electron chi connectivity index (χ2n) is 3.80. The van der Waals surface area contributed by atoms with E-state index in [1.165, 1.54) is 12.4 Å². The van der Waals surface area contributed by atoms with Crippen LogP contribution in [0.2, 0.25) is 10.3 Å². The minimum absolute atomic E-state index is 0.326. The van der Waals surface area contributed by atoms with Gasteiger partial charge in [-0.1, -0.05) is 23.2 Å². The number of rotatable bonds is 1. The lowest BCUT2D eigenvalue weighted by Crippen LogP contribution is -1.96. The Labute approximate surface area is 126 Å². The van der Waals surface area contributed by atoms with Crippen LogP contribution in [0.4, 0.5) is 4.39 Å². The first-order valence-corrected chi connectivity index (χ1v) is 6.75. The summed E-state index contributed by atoms with van der Waals surface area (Å²) >= 11 is 15.3. The molecule has 3 nitrogen and oxygen atoms in total. The smallest absolute Gasteiger partial charge is 0.150 e. The van der Waals surface area contributed by atoms with E-state index in [1.54, 1.807) is 22.8 Å². The number of benzene rings is 1. The van der Waals surface area contributed by atoms with Crippen LogP contribution in [0.3, 0.4) is 0 Å². The molecular formula is C12H5BrCl2FN3. The molecule has 0 saturated carbocycles. The molecule has 0 amide bonds. The van der Waals surface area contributed by atoms with Crippen molar-refractivity contribution in [3.63, 3.8) is 0 Å². The van der Waals surface area contributed by atoms with E-state index in [4.69, 9.17) is 23.2 Å². The molecule has 0 aliphatic rings. The average molecular weight is 361 g/mol. The number of hydrogen-bond donors (Lipinski definition) is 0. The van der Waals surface area contributed by atoms with Gasteiger partial charge in [0.25, 0.3) is 0 Å². The van der Waals surface area contributed by atoms with Crippen molar-refractivity contribution in [1.29, 1.82) is 0 Å². The molecule has 0 radical (unpaired) electrons. The number of hydrogen-bond acceptors (Lipinski definition) is 2. The molecule has 0 bridgehead atoms. The monoisotopic (exact) mass is 359 g/mol. The number of aromatic nitrogens is 3. The summed E-state index contributed by atoms with van der Waals surface area (Å²) in [4.78, 5) is 8.07. The minimum atomic E-state index is -0.344. The molecule has 0 saturated heterocycles. The second-order valence-corrected chi connectivity index (χ2v) is 5.40. The first-order valence-electron chi connectivity index (χ1n) is 5.21. The lowest BCUT2D eigenvalue weighted by Gasteiger charge is -2.07. The zero-order valence-electron chi connectivity index (χ0n) is 9.24. The van der Waals surface area contributed by atoms with Crippen molar-refractivity contribution in [2.24, 2.45) is 0 Å². The number of fused-ring (bicyclic) bond motifs is 1. The molecule has 0 aliphatic carbocycles. The molecule has 1 aromatic carbocycles. The van der Waals surface area contributed by atoms with E-state index >= 15 is 0 Å². The number of nitrogens with zero attached hydrogens (tertiary/aromatic N) is 3. The van der Waals surface area contributed by atoms with Crippen LogP contribution >= 0.6 is 39.1 Å². The maximum Gasteiger partial charge on any atom is 0.150 e. The Kier molecular flexibility index (Phi) is 3.20. The third kappa shape index (κ3) is 2.12. The fourth-order valence-corrected chi connectivity index (χ4v) is 2.66. The van der Waals surface area contributed by atoms with E-state index in [9.17, 15) is 4.39 Å². The Morgan fingerprint density at radius 2 is 1.95 bits per heavy atom. The molecule has 19 heavy (non-hydrogen) atoms. The van der Waals surface area contributed by atoms with Gasteiger partial charge in [0.05, 0.1) is 9.86 Å². The first kappa shape index (κ1) is 12.8. The molecule has 3 aromatic rings. The average Bonchev–Trinajstić information content (AvgIpc) is 2.71. The largest absolute Gasteiger partial charge is 0.284 e. The summed E-state index contributed by atoms with van der Waals surface area (Å²) in [6.45, 7) is 0. The lowest BCUT2D eigenvalue weighted by molar-refractivity contribution is 0.620. The summed E-state index contributed by atoms with van der Waals surface area (Å²) < 4.78 is 15.3. The zero-order valence-corrected chi connectivity index (χ0v) is 12.3. The SMILES string of the molecule is Fc1ccc(-n2c(Cl)cc3c(Cl)ncnc32)cc1Br. The van der Waals surface area contributed by atoms with Crippen molar-refractivity contribution in [3.05, 3.63) is 51.2 Å². The van der Waals surface area contributed by atoms with Gasteiger partial charge in [-0.25, -0.2) is 14.4 Å². The van der Waals surface area contributed by atoms with Gasteiger partial charge < -0.3 is 0 Å². The van der Waals surface area contributed by atoms with E-state index in [-0.39, 0.29) is 5.82 Å². The molecule has 0 atom stereocenters. The van der Waals surface area contributed by atoms with Crippen LogP contribution in [0.25, 0.3) is 16.7 Å². The zero-order chi connectivity index (χ0) is 13.6. The van der Waals surface area contributed by atoms with Gasteiger partial charge in [-0.05, 0) is 40.2 Å². The van der Waals surface area contributed by atoms with Crippen molar-refractivity contribution in [1.82, 2.24) is 14.5 Å². The van der Waals surface area contributed by atoms with E-state index in [1.807, 2.05) is 0 Å². The highest BCUT2D eigenvalue weighted by Crippen LogP contribution is 2.30. The van der Waals surface area contributed by atoms with Crippen LogP contribution < -0.4 is 0 Å². The fourth-order valence-electron chi connectivity index (χ4n) is 1.82. The molecule has 0 spiro atoms. The Morgan fingerprint density at radius 3 is 2.68 bits per heavy atom. The van der Waals surface area contributed by atoms with Crippen molar-refractivity contribution < 1.29 is 4.39 Å². The van der Waals surface area contributed by atoms with Crippen molar-refractivity contribution in [2.45, 2.75) is 0 Å². The van der Waals surface area contributed by atoms with Crippen LogP contribution in [0.1, 0.15) is 0 Å². The van der Waals surface area contributed by atoms with Gasteiger partial charge in [-0.3, -0.25) is 4.57 Å². The van der Waals surface area contributed by atoms with Crippen molar-refractivity contribution >= 4 is 50.2 Å². The van der Waals surface area contributed by atoms with Gasteiger partial charge in [0.1, 0.15) is 22.5 Å². The number of halogens is 4. The third-order valence-corrected chi connectivity index (χ3v) is 3.85. The Hall–Kier alpha value is -1.17. The molecule has 0 aliphatic heterocycles. The molecule has 2 heterocycles. The maximum absolute atomic E-state index is 13.3. The predicted molar refractivity (Wildman–Crippen MR) is 76.5 cm³/mol. The Balaban J connectivity index is 2.33. The first-order chi connectivity index (χ1) is 9.08. The molecule has 96 valence electrons. The highest BCUT2D eigenvalue weighted by molar-refractivity contribution is 9.10. The predicted octanol–water partition coefficient (Wildman–Crippen LogP) is 4.63. The molecule has 3 rings (SSSR count). The second kappa shape index (κ2) is 4.74. The van der Waals surface area contributed by atoms with Gasteiger partial charge >= 0.3 is 0 Å². The van der Waals surface area contributed by atoms with E-state index in [0.29, 0.717) is 31.5 Å². The molecule has 7 heteroatoms. The van der Waals surface area contributed by atoms with E-state index in [2.05, 4.69) is 25.9 Å². The standard InChI is InChI=1S/C12H5BrCl2FN3/c13-8-3-6(1-2-9(8)16)19-10(14)4-7-11(15)17-5-18-12(7)19/h1-5H. The molecule has 0 fully saturated rings. The summed E-state index contributed by atoms with van der Waals surface area (Å²) in [6, 6.07) is 6.26. The summed E-state index contributed by atoms with van der Waals surface area (Å²) in [5.74, 6) is -0.344. The molecule has 2 aromatic heterocycles. The summed E-state index contributed by atoms with van der Waals surface area (Å²) in [5, 5.41) is 1.40. The van der Waals surface area contributed by atoms with Gasteiger partial charge in [0.15, 0.2) is 5.65 Å². The van der Waals surface area contributed by atoms with Crippen molar-refractivity contribution in [2.75, 3.05) is 0 Å². The van der Waals surface area contributed by atoms with Crippen LogP contribution in [-0.4, -0.2) is 14.5 Å². The van der Waals surface area contributed by atoms with Crippen LogP contribution in [0.5, 0.6) is 0 Å². The summed E-state index contributed by atoms with van der Waals surface area (Å²) in [5.41, 5.74) is 1.26. The van der Waals surface area contributed by atoms with Crippen molar-refractivity contribution in [3.8, 4) is 5.69 Å². The Bertz CT molecular complexity index is 788. The third-order valence-electron chi connectivity index (χ3n) is 2.66. The van der Waals surface area contributed by atoms with Crippen LogP contribution in [0.15, 0.2) is 35.1 Å². The van der Waals surface area contributed by atoms with Crippen LogP contribution in [-0.2, 0) is 0 Å². The van der Waals surface area contributed by atoms with Gasteiger partial charge in [0, 0.05) is 5.69 Å². The summed E-state index contributed by atoms with van der Waals surface area (Å²) in [6.07, 6.45) is 1.36. The topological polar surface area (TPSA) is 30.7 Å². The summed E-state index contributed by atoms with van der Waals surface area (Å²) in [7, 11) is 0. The molecular weight excluding hydrogens is 356 g/mol. The highest BCUT2D eigenvalue weighted by Gasteiger charge is 2.14. The maximum atomic E-state index is 13.3. The van der Waals surface area contributed by atoms with E-state index in [0.717, 1.165) is 0 Å².